The number of hydrogen-bond donors (Lipinski definition) is 3. The van der Waals surface area contributed by atoms with Crippen LogP contribution in [0.25, 0.3) is 0 Å². The summed E-state index contributed by atoms with van der Waals surface area (Å²) in [4.78, 5) is 34.6. The normalized spacial score (nSPS) is 13.8. The summed E-state index contributed by atoms with van der Waals surface area (Å²) in [5.74, 6) is -1.07. The summed E-state index contributed by atoms with van der Waals surface area (Å²) in [6.45, 7) is 6.69. The molecule has 8 nitrogen and oxygen atoms in total. The average Bonchev–Trinajstić information content (AvgIpc) is 2.68. The summed E-state index contributed by atoms with van der Waals surface area (Å²) in [6.07, 6.45) is 0.00545. The summed E-state index contributed by atoms with van der Waals surface area (Å²) in [5.41, 5.74) is 0.567. The Morgan fingerprint density at radius 3 is 2.27 bits per heavy atom. The highest BCUT2D eigenvalue weighted by Crippen LogP contribution is 2.44. The molecule has 11 heteroatoms. The van der Waals surface area contributed by atoms with E-state index < -0.39 is 25.3 Å². The van der Waals surface area contributed by atoms with Gasteiger partial charge in [-0.3, -0.25) is 9.36 Å². The molecule has 0 aliphatic carbocycles. The van der Waals surface area contributed by atoms with Crippen molar-refractivity contribution in [1.29, 1.82) is 0 Å². The molecule has 0 radical (unpaired) electrons. The van der Waals surface area contributed by atoms with E-state index in [1.54, 1.807) is 32.9 Å². The fourth-order valence-electron chi connectivity index (χ4n) is 2.97. The summed E-state index contributed by atoms with van der Waals surface area (Å²) in [6, 6.07) is 6.62. The van der Waals surface area contributed by atoms with Crippen LogP contribution in [-0.2, 0) is 20.3 Å². The number of rotatable bonds is 9. The molecule has 2 aromatic carbocycles. The highest BCUT2D eigenvalue weighted by atomic mass is 79.9. The number of carbonyl (C=O) groups is 2. The van der Waals surface area contributed by atoms with Gasteiger partial charge >= 0.3 is 5.97 Å². The summed E-state index contributed by atoms with van der Waals surface area (Å²) < 4.78 is 23.7. The Balaban J connectivity index is 2.29. The Bertz CT molecular complexity index is 1060. The summed E-state index contributed by atoms with van der Waals surface area (Å²) in [5, 5.41) is 12.8. The van der Waals surface area contributed by atoms with Gasteiger partial charge in [-0.15, -0.1) is 0 Å². The van der Waals surface area contributed by atoms with Crippen LogP contribution >= 0.6 is 39.2 Å². The predicted octanol–water partition coefficient (Wildman–Crippen LogP) is 5.43. The third-order valence-electron chi connectivity index (χ3n) is 4.46. The van der Waals surface area contributed by atoms with E-state index in [1.807, 2.05) is 0 Å². The quantitative estimate of drug-likeness (QED) is 0.257. The lowest BCUT2D eigenvalue weighted by molar-refractivity contribution is -0.146. The van der Waals surface area contributed by atoms with Crippen LogP contribution in [0, 0.1) is 5.92 Å². The molecule has 0 saturated heterocycles. The Labute approximate surface area is 209 Å². The highest BCUT2D eigenvalue weighted by molar-refractivity contribution is 9.11. The van der Waals surface area contributed by atoms with Gasteiger partial charge in [0.05, 0.1) is 21.1 Å². The van der Waals surface area contributed by atoms with Crippen molar-refractivity contribution in [3.8, 4) is 17.2 Å². The Morgan fingerprint density at radius 2 is 1.76 bits per heavy atom. The molecule has 0 spiro atoms. The van der Waals surface area contributed by atoms with Crippen molar-refractivity contribution in [2.75, 3.05) is 13.3 Å². The second kappa shape index (κ2) is 11.5. The number of halogens is 2. The van der Waals surface area contributed by atoms with E-state index in [0.29, 0.717) is 20.3 Å². The monoisotopic (exact) mass is 605 g/mol. The maximum atomic E-state index is 12.8. The minimum atomic E-state index is -3.25. The third kappa shape index (κ3) is 7.84. The average molecular weight is 607 g/mol. The van der Waals surface area contributed by atoms with E-state index in [1.165, 1.54) is 24.9 Å². The summed E-state index contributed by atoms with van der Waals surface area (Å²) >= 11 is 6.80. The molecular weight excluding hydrogens is 581 g/mol. The highest BCUT2D eigenvalue weighted by Gasteiger charge is 2.27. The maximum absolute atomic E-state index is 12.8. The lowest BCUT2D eigenvalue weighted by atomic mass is 10.0. The number of ether oxygens (including phenoxy) is 2. The van der Waals surface area contributed by atoms with E-state index in [0.717, 1.165) is 0 Å². The zero-order valence-corrected chi connectivity index (χ0v) is 22.7. The standard InChI is InChI=1S/C22H26Br2NO7P/c1-5-31-22(28)19(12(2)3)25-21(27)15-10-14(6-7-18(15)26)32-20-16(23)8-13(9-17(20)24)11-33(4,29)30/h6-10,12,19,26H,5,11H2,1-4H3,(H,25,27)(H,29,30)/t19-/m0/s1. The van der Waals surface area contributed by atoms with Crippen LogP contribution in [0.2, 0.25) is 0 Å². The SMILES string of the molecule is CCOC(=O)[C@@H](NC(=O)c1cc(Oc2c(Br)cc(CP(C)(=O)O)cc2Br)ccc1O)C(C)C. The van der Waals surface area contributed by atoms with Crippen LogP contribution in [0.1, 0.15) is 36.7 Å². The zero-order chi connectivity index (χ0) is 24.9. The number of aromatic hydroxyl groups is 1. The fraction of sp³-hybridized carbons (Fsp3) is 0.364. The topological polar surface area (TPSA) is 122 Å². The molecule has 2 atom stereocenters. The molecule has 2 aromatic rings. The van der Waals surface area contributed by atoms with E-state index in [2.05, 4.69) is 37.2 Å². The molecule has 0 aromatic heterocycles. The smallest absolute Gasteiger partial charge is 0.328 e. The van der Waals surface area contributed by atoms with Gasteiger partial charge in [0.15, 0.2) is 5.75 Å². The van der Waals surface area contributed by atoms with Gasteiger partial charge in [-0.05, 0) is 80.6 Å². The van der Waals surface area contributed by atoms with Crippen molar-refractivity contribution in [2.24, 2.45) is 5.92 Å². The maximum Gasteiger partial charge on any atom is 0.328 e. The first kappa shape index (κ1) is 27.4. The first-order valence-electron chi connectivity index (χ1n) is 10.1. The molecule has 33 heavy (non-hydrogen) atoms. The first-order chi connectivity index (χ1) is 15.3. The van der Waals surface area contributed by atoms with Crippen LogP contribution in [0.3, 0.4) is 0 Å². The van der Waals surface area contributed by atoms with E-state index >= 15 is 0 Å². The predicted molar refractivity (Wildman–Crippen MR) is 132 cm³/mol. The largest absolute Gasteiger partial charge is 0.507 e. The molecule has 1 unspecified atom stereocenters. The number of phenols is 1. The van der Waals surface area contributed by atoms with Crippen LogP contribution < -0.4 is 10.1 Å². The molecule has 0 heterocycles. The second-order valence-electron chi connectivity index (χ2n) is 7.83. The first-order valence-corrected chi connectivity index (χ1v) is 14.0. The molecule has 180 valence electrons. The molecule has 0 fully saturated rings. The number of hydrogen-bond acceptors (Lipinski definition) is 6. The number of carbonyl (C=O) groups excluding carboxylic acids is 2. The lowest BCUT2D eigenvalue weighted by Gasteiger charge is -2.21. The zero-order valence-electron chi connectivity index (χ0n) is 18.6. The van der Waals surface area contributed by atoms with Crippen molar-refractivity contribution < 1.29 is 33.6 Å². The lowest BCUT2D eigenvalue weighted by Crippen LogP contribution is -2.45. The van der Waals surface area contributed by atoms with E-state index in [4.69, 9.17) is 9.47 Å². The van der Waals surface area contributed by atoms with Crippen molar-refractivity contribution in [3.63, 3.8) is 0 Å². The molecular formula is C22H26Br2NO7P. The molecule has 3 N–H and O–H groups in total. The number of benzene rings is 2. The molecule has 0 saturated carbocycles. The van der Waals surface area contributed by atoms with Crippen molar-refractivity contribution in [1.82, 2.24) is 5.32 Å². The summed E-state index contributed by atoms with van der Waals surface area (Å²) in [7, 11) is -3.25. The van der Waals surface area contributed by atoms with Gasteiger partial charge in [-0.1, -0.05) is 13.8 Å². The van der Waals surface area contributed by atoms with Gasteiger partial charge in [-0.25, -0.2) is 4.79 Å². The third-order valence-corrected chi connectivity index (χ3v) is 6.59. The van der Waals surface area contributed by atoms with Gasteiger partial charge in [0.1, 0.15) is 17.5 Å². The minimum Gasteiger partial charge on any atom is -0.507 e. The molecule has 0 aliphatic heterocycles. The van der Waals surface area contributed by atoms with Crippen molar-refractivity contribution in [3.05, 3.63) is 50.4 Å². The van der Waals surface area contributed by atoms with Crippen molar-refractivity contribution in [2.45, 2.75) is 33.0 Å². The van der Waals surface area contributed by atoms with Gasteiger partial charge in [0.25, 0.3) is 5.91 Å². The Kier molecular flexibility index (Phi) is 9.55. The molecule has 0 aliphatic rings. The van der Waals surface area contributed by atoms with Gasteiger partial charge in [0, 0.05) is 12.8 Å². The number of nitrogens with one attached hydrogen (secondary N) is 1. The fourth-order valence-corrected chi connectivity index (χ4v) is 5.27. The van der Waals surface area contributed by atoms with Crippen LogP contribution in [0.4, 0.5) is 0 Å². The van der Waals surface area contributed by atoms with Gasteiger partial charge in [0.2, 0.25) is 7.37 Å². The Morgan fingerprint density at radius 1 is 1.15 bits per heavy atom. The van der Waals surface area contributed by atoms with Crippen molar-refractivity contribution >= 4 is 51.1 Å². The van der Waals surface area contributed by atoms with Gasteiger partial charge < -0.3 is 24.8 Å². The number of esters is 1. The number of amides is 1. The van der Waals surface area contributed by atoms with Crippen LogP contribution in [0.5, 0.6) is 17.2 Å². The van der Waals surface area contributed by atoms with E-state index in [9.17, 15) is 24.2 Å². The second-order valence-corrected chi connectivity index (χ2v) is 12.0. The van der Waals surface area contributed by atoms with Crippen LogP contribution in [0.15, 0.2) is 39.3 Å². The minimum absolute atomic E-state index is 0.00545. The molecule has 0 bridgehead atoms. The number of phenolic OH excluding ortho intramolecular Hbond substituents is 1. The molecule has 2 rings (SSSR count). The van der Waals surface area contributed by atoms with Crippen LogP contribution in [-0.4, -0.2) is 41.2 Å². The van der Waals surface area contributed by atoms with Gasteiger partial charge in [-0.2, -0.15) is 0 Å². The molecule has 1 amide bonds. The Hall–Kier alpha value is -1.87. The van der Waals surface area contributed by atoms with E-state index in [-0.39, 0.29) is 35.7 Å².